The molecular weight excluding hydrogens is 190 g/mol. The van der Waals surface area contributed by atoms with E-state index in [0.29, 0.717) is 12.1 Å². The monoisotopic (exact) mass is 211 g/mol. The molecule has 0 atom stereocenters. The van der Waals surface area contributed by atoms with Gasteiger partial charge in [-0.05, 0) is 0 Å². The molecule has 0 unspecified atom stereocenters. The van der Waals surface area contributed by atoms with E-state index in [0.717, 1.165) is 0 Å². The van der Waals surface area contributed by atoms with Crippen molar-refractivity contribution in [3.8, 4) is 0 Å². The van der Waals surface area contributed by atoms with Gasteiger partial charge < -0.3 is 5.73 Å². The van der Waals surface area contributed by atoms with Crippen LogP contribution in [0.2, 0.25) is 0 Å². The average molecular weight is 211 g/mol. The van der Waals surface area contributed by atoms with E-state index in [2.05, 4.69) is 11.8 Å². The first kappa shape index (κ1) is 13.7. The van der Waals surface area contributed by atoms with Gasteiger partial charge in [0.25, 0.3) is 0 Å². The number of rotatable bonds is 5. The third-order valence-corrected chi connectivity index (χ3v) is 2.07. The van der Waals surface area contributed by atoms with Crippen molar-refractivity contribution in [1.29, 1.82) is 0 Å². The number of ketones is 1. The molecule has 0 amide bonds. The lowest BCUT2D eigenvalue weighted by Gasteiger charge is -2.22. The Bertz CT molecular complexity index is 263. The minimum Gasteiger partial charge on any atom is -0.400 e. The molecule has 0 aromatic rings. The number of nitrogens with two attached hydrogens (primary N) is 1. The van der Waals surface area contributed by atoms with E-state index in [1.165, 1.54) is 5.01 Å². The molecular formula is C11H21N3O. The largest absolute Gasteiger partial charge is 0.400 e. The molecule has 0 bridgehead atoms. The third kappa shape index (κ3) is 5.20. The van der Waals surface area contributed by atoms with E-state index in [1.807, 2.05) is 27.7 Å². The molecule has 0 aromatic heterocycles. The first-order valence-electron chi connectivity index (χ1n) is 5.04. The van der Waals surface area contributed by atoms with Crippen LogP contribution < -0.4 is 5.73 Å². The standard InChI is InChI=1S/C11H21N3O/c1-6-9(15)7-14(13-5)8-10(12)11(2,3)4/h8H,5-7,12H2,1-4H3/b10-8-. The molecule has 0 aliphatic rings. The number of Topliss-reactive ketones (excluding diaryl/α,β-unsaturated/α-hetero) is 1. The van der Waals surface area contributed by atoms with Crippen LogP contribution in [0, 0.1) is 5.41 Å². The van der Waals surface area contributed by atoms with Gasteiger partial charge in [-0.3, -0.25) is 9.80 Å². The van der Waals surface area contributed by atoms with E-state index in [1.54, 1.807) is 6.20 Å². The van der Waals surface area contributed by atoms with Crippen LogP contribution in [0.15, 0.2) is 17.0 Å². The summed E-state index contributed by atoms with van der Waals surface area (Å²) >= 11 is 0. The predicted molar refractivity (Wildman–Crippen MR) is 63.3 cm³/mol. The molecule has 86 valence electrons. The minimum absolute atomic E-state index is 0.111. The fourth-order valence-electron chi connectivity index (χ4n) is 0.783. The maximum atomic E-state index is 11.2. The van der Waals surface area contributed by atoms with Crippen LogP contribution in [-0.4, -0.2) is 24.1 Å². The second kappa shape index (κ2) is 5.53. The van der Waals surface area contributed by atoms with Gasteiger partial charge in [-0.15, -0.1) is 0 Å². The maximum absolute atomic E-state index is 11.2. The van der Waals surface area contributed by atoms with E-state index in [-0.39, 0.29) is 17.7 Å². The lowest BCUT2D eigenvalue weighted by molar-refractivity contribution is -0.119. The molecule has 4 nitrogen and oxygen atoms in total. The van der Waals surface area contributed by atoms with Crippen molar-refractivity contribution in [2.75, 3.05) is 6.54 Å². The fraction of sp³-hybridized carbons (Fsp3) is 0.636. The van der Waals surface area contributed by atoms with Crippen LogP contribution in [0.5, 0.6) is 0 Å². The molecule has 0 aliphatic heterocycles. The van der Waals surface area contributed by atoms with Gasteiger partial charge in [0.05, 0.1) is 6.54 Å². The van der Waals surface area contributed by atoms with Gasteiger partial charge in [0, 0.05) is 30.5 Å². The first-order valence-corrected chi connectivity index (χ1v) is 5.04. The second-order valence-corrected chi connectivity index (χ2v) is 4.47. The molecule has 0 rings (SSSR count). The summed E-state index contributed by atoms with van der Waals surface area (Å²) in [5, 5.41) is 5.21. The number of carbonyl (C=O) groups is 1. The predicted octanol–water partition coefficient (Wildman–Crippen LogP) is 1.73. The molecule has 0 spiro atoms. The van der Waals surface area contributed by atoms with Gasteiger partial charge in [0.2, 0.25) is 0 Å². The van der Waals surface area contributed by atoms with Gasteiger partial charge >= 0.3 is 0 Å². The van der Waals surface area contributed by atoms with Crippen molar-refractivity contribution in [1.82, 2.24) is 5.01 Å². The van der Waals surface area contributed by atoms with Crippen molar-refractivity contribution < 1.29 is 4.79 Å². The van der Waals surface area contributed by atoms with Crippen LogP contribution >= 0.6 is 0 Å². The molecule has 4 heteroatoms. The topological polar surface area (TPSA) is 58.7 Å². The summed E-state index contributed by atoms with van der Waals surface area (Å²) in [6, 6.07) is 0. The summed E-state index contributed by atoms with van der Waals surface area (Å²) in [6.45, 7) is 11.5. The second-order valence-electron chi connectivity index (χ2n) is 4.47. The Labute approximate surface area is 91.8 Å². The van der Waals surface area contributed by atoms with Gasteiger partial charge in [0.15, 0.2) is 5.78 Å². The number of allylic oxidation sites excluding steroid dienone is 1. The molecule has 0 aromatic carbocycles. The summed E-state index contributed by atoms with van der Waals surface area (Å²) in [5.41, 5.74) is 6.42. The van der Waals surface area contributed by atoms with Crippen molar-refractivity contribution in [3.63, 3.8) is 0 Å². The Kier molecular flexibility index (Phi) is 5.05. The smallest absolute Gasteiger partial charge is 0.154 e. The molecule has 2 N–H and O–H groups in total. The third-order valence-electron chi connectivity index (χ3n) is 2.07. The minimum atomic E-state index is -0.127. The van der Waals surface area contributed by atoms with Crippen molar-refractivity contribution in [2.24, 2.45) is 16.3 Å². The molecule has 0 radical (unpaired) electrons. The van der Waals surface area contributed by atoms with Gasteiger partial charge in [-0.25, -0.2) is 0 Å². The van der Waals surface area contributed by atoms with Crippen molar-refractivity contribution in [3.05, 3.63) is 11.9 Å². The summed E-state index contributed by atoms with van der Waals surface area (Å²) < 4.78 is 0. The van der Waals surface area contributed by atoms with E-state index in [9.17, 15) is 4.79 Å². The summed E-state index contributed by atoms with van der Waals surface area (Å²) in [5.74, 6) is 0.111. The highest BCUT2D eigenvalue weighted by molar-refractivity contribution is 5.80. The van der Waals surface area contributed by atoms with E-state index in [4.69, 9.17) is 5.73 Å². The lowest BCUT2D eigenvalue weighted by atomic mass is 9.93. The Morgan fingerprint density at radius 1 is 1.53 bits per heavy atom. The molecule has 0 aliphatic carbocycles. The average Bonchev–Trinajstić information content (AvgIpc) is 2.14. The first-order chi connectivity index (χ1) is 6.81. The number of hydrogen-bond donors (Lipinski definition) is 1. The fourth-order valence-corrected chi connectivity index (χ4v) is 0.783. The van der Waals surface area contributed by atoms with Crippen LogP contribution in [0.25, 0.3) is 0 Å². The van der Waals surface area contributed by atoms with Crippen LogP contribution in [-0.2, 0) is 4.79 Å². The Morgan fingerprint density at radius 3 is 2.40 bits per heavy atom. The Morgan fingerprint density at radius 2 is 2.07 bits per heavy atom. The molecule has 0 heterocycles. The number of hydrogen-bond acceptors (Lipinski definition) is 4. The Hall–Kier alpha value is -1.32. The molecule has 0 saturated heterocycles. The summed E-state index contributed by atoms with van der Waals surface area (Å²) in [6.07, 6.45) is 2.16. The highest BCUT2D eigenvalue weighted by Crippen LogP contribution is 2.20. The Balaban J connectivity index is 4.58. The maximum Gasteiger partial charge on any atom is 0.154 e. The van der Waals surface area contributed by atoms with Gasteiger partial charge in [-0.2, -0.15) is 5.10 Å². The number of nitrogens with zero attached hydrogens (tertiary/aromatic N) is 2. The quantitative estimate of drug-likeness (QED) is 0.556. The molecule has 15 heavy (non-hydrogen) atoms. The van der Waals surface area contributed by atoms with E-state index >= 15 is 0 Å². The normalized spacial score (nSPS) is 12.4. The van der Waals surface area contributed by atoms with Crippen LogP contribution in [0.3, 0.4) is 0 Å². The number of hydrazone groups is 1. The van der Waals surface area contributed by atoms with Crippen molar-refractivity contribution in [2.45, 2.75) is 34.1 Å². The van der Waals surface area contributed by atoms with Crippen LogP contribution in [0.1, 0.15) is 34.1 Å². The van der Waals surface area contributed by atoms with Crippen LogP contribution in [0.4, 0.5) is 0 Å². The number of carbonyl (C=O) groups excluding carboxylic acids is 1. The van der Waals surface area contributed by atoms with Gasteiger partial charge in [0.1, 0.15) is 0 Å². The molecule has 0 saturated carbocycles. The van der Waals surface area contributed by atoms with Gasteiger partial charge in [-0.1, -0.05) is 27.7 Å². The zero-order valence-corrected chi connectivity index (χ0v) is 10.1. The molecule has 0 fully saturated rings. The zero-order chi connectivity index (χ0) is 12.1. The van der Waals surface area contributed by atoms with Crippen molar-refractivity contribution >= 4 is 12.5 Å². The summed E-state index contributed by atoms with van der Waals surface area (Å²) in [4.78, 5) is 11.2. The SMILES string of the molecule is C=NN(/C=C(\N)C(C)(C)C)CC(=O)CC. The zero-order valence-electron chi connectivity index (χ0n) is 10.1. The highest BCUT2D eigenvalue weighted by Gasteiger charge is 2.15. The lowest BCUT2D eigenvalue weighted by Crippen LogP contribution is -2.25. The van der Waals surface area contributed by atoms with E-state index < -0.39 is 0 Å². The highest BCUT2D eigenvalue weighted by atomic mass is 16.1. The summed E-state index contributed by atoms with van der Waals surface area (Å²) in [7, 11) is 0.